The van der Waals surface area contributed by atoms with Crippen LogP contribution in [0.25, 0.3) is 0 Å². The molecule has 1 aromatic rings. The van der Waals surface area contributed by atoms with Gasteiger partial charge in [-0.3, -0.25) is 9.59 Å². The van der Waals surface area contributed by atoms with Gasteiger partial charge in [-0.15, -0.1) is 5.10 Å². The van der Waals surface area contributed by atoms with Crippen molar-refractivity contribution in [2.45, 2.75) is 33.2 Å². The van der Waals surface area contributed by atoms with Crippen LogP contribution >= 0.6 is 11.5 Å². The molecule has 0 saturated carbocycles. The third-order valence-corrected chi connectivity index (χ3v) is 3.35. The number of carboxylic acid groups (broad SMARTS) is 1. The lowest BCUT2D eigenvalue weighted by molar-refractivity contribution is -0.138. The highest BCUT2D eigenvalue weighted by Gasteiger charge is 2.25. The summed E-state index contributed by atoms with van der Waals surface area (Å²) in [7, 11) is 0. The fourth-order valence-corrected chi connectivity index (χ4v) is 1.97. The molecule has 1 atom stereocenters. The van der Waals surface area contributed by atoms with Gasteiger partial charge in [0.25, 0.3) is 5.91 Å². The lowest BCUT2D eigenvalue weighted by Gasteiger charge is -2.26. The number of aromatic nitrogens is 2. The second-order valence-electron chi connectivity index (χ2n) is 3.77. The molecule has 1 heterocycles. The van der Waals surface area contributed by atoms with Crippen molar-refractivity contribution in [2.75, 3.05) is 6.54 Å². The maximum atomic E-state index is 12.2. The predicted molar refractivity (Wildman–Crippen MR) is 63.1 cm³/mol. The van der Waals surface area contributed by atoms with Gasteiger partial charge in [-0.2, -0.15) is 0 Å². The van der Waals surface area contributed by atoms with Crippen LogP contribution in [0.3, 0.4) is 0 Å². The second-order valence-corrected chi connectivity index (χ2v) is 4.53. The van der Waals surface area contributed by atoms with Gasteiger partial charge in [-0.05, 0) is 31.8 Å². The van der Waals surface area contributed by atoms with E-state index in [2.05, 4.69) is 9.59 Å². The van der Waals surface area contributed by atoms with Gasteiger partial charge in [0.2, 0.25) is 0 Å². The molecule has 0 fully saturated rings. The second kappa shape index (κ2) is 5.72. The van der Waals surface area contributed by atoms with Gasteiger partial charge in [0.15, 0.2) is 0 Å². The standard InChI is InChI=1S/C10H15N3O3S/c1-4-6(2)13(5-8(14)15)10(16)9-7(3)11-12-17-9/h6H,4-5H2,1-3H3,(H,14,15). The Kier molecular flexibility index (Phi) is 4.56. The molecule has 94 valence electrons. The zero-order valence-corrected chi connectivity index (χ0v) is 10.8. The summed E-state index contributed by atoms with van der Waals surface area (Å²) in [6.45, 7) is 5.12. The number of aryl methyl sites for hydroxylation is 1. The third-order valence-electron chi connectivity index (χ3n) is 2.54. The number of amides is 1. The Morgan fingerprint density at radius 3 is 2.59 bits per heavy atom. The Morgan fingerprint density at radius 1 is 1.53 bits per heavy atom. The topological polar surface area (TPSA) is 83.4 Å². The van der Waals surface area contributed by atoms with Crippen LogP contribution in [0, 0.1) is 6.92 Å². The molecule has 7 heteroatoms. The number of carbonyl (C=O) groups is 2. The third kappa shape index (κ3) is 3.23. The summed E-state index contributed by atoms with van der Waals surface area (Å²) in [4.78, 5) is 24.7. The van der Waals surface area contributed by atoms with Crippen LogP contribution in [0.15, 0.2) is 0 Å². The van der Waals surface area contributed by atoms with Crippen molar-refractivity contribution in [1.82, 2.24) is 14.5 Å². The lowest BCUT2D eigenvalue weighted by Crippen LogP contribution is -2.41. The highest BCUT2D eigenvalue weighted by Crippen LogP contribution is 2.15. The summed E-state index contributed by atoms with van der Waals surface area (Å²) in [6, 6.07) is -0.125. The van der Waals surface area contributed by atoms with Gasteiger partial charge in [-0.1, -0.05) is 11.4 Å². The van der Waals surface area contributed by atoms with E-state index in [9.17, 15) is 9.59 Å². The Bertz CT molecular complexity index is 419. The Balaban J connectivity index is 2.94. The Morgan fingerprint density at radius 2 is 2.18 bits per heavy atom. The quantitative estimate of drug-likeness (QED) is 0.856. The molecule has 0 radical (unpaired) electrons. The first-order valence-electron chi connectivity index (χ1n) is 5.29. The zero-order chi connectivity index (χ0) is 13.0. The summed E-state index contributed by atoms with van der Waals surface area (Å²) in [5.74, 6) is -1.33. The molecule has 1 unspecified atom stereocenters. The average Bonchev–Trinajstić information content (AvgIpc) is 2.70. The van der Waals surface area contributed by atoms with E-state index in [-0.39, 0.29) is 18.5 Å². The number of aliphatic carboxylic acids is 1. The smallest absolute Gasteiger partial charge is 0.323 e. The summed E-state index contributed by atoms with van der Waals surface area (Å²) < 4.78 is 3.69. The molecule has 1 N–H and O–H groups in total. The molecule has 0 aliphatic carbocycles. The van der Waals surface area contributed by atoms with Crippen LogP contribution in [-0.4, -0.2) is 44.1 Å². The van der Waals surface area contributed by atoms with Gasteiger partial charge in [0.1, 0.15) is 11.4 Å². The largest absolute Gasteiger partial charge is 0.480 e. The van der Waals surface area contributed by atoms with E-state index in [1.807, 2.05) is 13.8 Å². The van der Waals surface area contributed by atoms with Gasteiger partial charge in [0.05, 0.1) is 5.69 Å². The maximum absolute atomic E-state index is 12.2. The minimum atomic E-state index is -1.02. The van der Waals surface area contributed by atoms with Crippen molar-refractivity contribution in [3.63, 3.8) is 0 Å². The summed E-state index contributed by atoms with van der Waals surface area (Å²) in [5.41, 5.74) is 0.540. The molecule has 0 bridgehead atoms. The Labute approximate surface area is 103 Å². The molecule has 1 amide bonds. The first kappa shape index (κ1) is 13.6. The normalized spacial score (nSPS) is 12.2. The molecule has 1 rings (SSSR count). The van der Waals surface area contributed by atoms with E-state index in [0.717, 1.165) is 11.5 Å². The van der Waals surface area contributed by atoms with E-state index < -0.39 is 5.97 Å². The van der Waals surface area contributed by atoms with Crippen molar-refractivity contribution < 1.29 is 14.7 Å². The van der Waals surface area contributed by atoms with Gasteiger partial charge in [0, 0.05) is 6.04 Å². The molecule has 0 spiro atoms. The molecule has 1 aromatic heterocycles. The molecular weight excluding hydrogens is 242 g/mol. The van der Waals surface area contributed by atoms with Crippen molar-refractivity contribution >= 4 is 23.4 Å². The molecular formula is C10H15N3O3S. The molecule has 0 aromatic carbocycles. The van der Waals surface area contributed by atoms with E-state index in [0.29, 0.717) is 17.0 Å². The monoisotopic (exact) mass is 257 g/mol. The van der Waals surface area contributed by atoms with E-state index >= 15 is 0 Å². The van der Waals surface area contributed by atoms with E-state index in [1.54, 1.807) is 6.92 Å². The molecule has 6 nitrogen and oxygen atoms in total. The van der Waals surface area contributed by atoms with Crippen molar-refractivity contribution in [2.24, 2.45) is 0 Å². The highest BCUT2D eigenvalue weighted by molar-refractivity contribution is 7.07. The molecule has 0 aliphatic heterocycles. The Hall–Kier alpha value is -1.50. The summed E-state index contributed by atoms with van der Waals surface area (Å²) >= 11 is 0.996. The van der Waals surface area contributed by atoms with Crippen LogP contribution in [-0.2, 0) is 4.79 Å². The SMILES string of the molecule is CCC(C)N(CC(=O)O)C(=O)c1snnc1C. The number of hydrogen-bond donors (Lipinski definition) is 1. The van der Waals surface area contributed by atoms with Crippen molar-refractivity contribution in [3.05, 3.63) is 10.6 Å². The average molecular weight is 257 g/mol. The van der Waals surface area contributed by atoms with Crippen LogP contribution in [0.2, 0.25) is 0 Å². The predicted octanol–water partition coefficient (Wildman–Crippen LogP) is 1.17. The summed E-state index contributed by atoms with van der Waals surface area (Å²) in [5, 5.41) is 12.6. The highest BCUT2D eigenvalue weighted by atomic mass is 32.1. The van der Waals surface area contributed by atoms with E-state index in [1.165, 1.54) is 4.90 Å². The number of hydrogen-bond acceptors (Lipinski definition) is 5. The molecule has 17 heavy (non-hydrogen) atoms. The van der Waals surface area contributed by atoms with Crippen LogP contribution in [0.1, 0.15) is 35.6 Å². The van der Waals surface area contributed by atoms with Gasteiger partial charge in [-0.25, -0.2) is 0 Å². The van der Waals surface area contributed by atoms with Crippen LogP contribution in [0.4, 0.5) is 0 Å². The minimum Gasteiger partial charge on any atom is -0.480 e. The van der Waals surface area contributed by atoms with E-state index in [4.69, 9.17) is 5.11 Å². The molecule has 0 aliphatic rings. The van der Waals surface area contributed by atoms with Gasteiger partial charge < -0.3 is 10.0 Å². The van der Waals surface area contributed by atoms with Crippen LogP contribution in [0.5, 0.6) is 0 Å². The number of rotatable bonds is 5. The van der Waals surface area contributed by atoms with Crippen LogP contribution < -0.4 is 0 Å². The number of carbonyl (C=O) groups excluding carboxylic acids is 1. The first-order chi connectivity index (χ1) is 7.97. The fourth-order valence-electron chi connectivity index (χ4n) is 1.35. The summed E-state index contributed by atoms with van der Waals surface area (Å²) in [6.07, 6.45) is 0.699. The van der Waals surface area contributed by atoms with Crippen molar-refractivity contribution in [1.29, 1.82) is 0 Å². The fraction of sp³-hybridized carbons (Fsp3) is 0.600. The zero-order valence-electron chi connectivity index (χ0n) is 10.0. The number of carboxylic acids is 1. The lowest BCUT2D eigenvalue weighted by atomic mass is 10.2. The minimum absolute atomic E-state index is 0.125. The molecule has 0 saturated heterocycles. The van der Waals surface area contributed by atoms with Crippen molar-refractivity contribution in [3.8, 4) is 0 Å². The maximum Gasteiger partial charge on any atom is 0.323 e. The first-order valence-corrected chi connectivity index (χ1v) is 6.06. The van der Waals surface area contributed by atoms with Gasteiger partial charge >= 0.3 is 5.97 Å². The number of nitrogens with zero attached hydrogens (tertiary/aromatic N) is 3.